The Morgan fingerprint density at radius 1 is 1.43 bits per heavy atom. The van der Waals surface area contributed by atoms with E-state index in [1.807, 2.05) is 6.07 Å². The molecular weight excluding hydrogens is 180 g/mol. The zero-order chi connectivity index (χ0) is 9.71. The van der Waals surface area contributed by atoms with Crippen LogP contribution in [0, 0.1) is 0 Å². The summed E-state index contributed by atoms with van der Waals surface area (Å²) in [4.78, 5) is 18.3. The molecule has 0 saturated heterocycles. The maximum Gasteiger partial charge on any atom is 0.251 e. The lowest BCUT2D eigenvalue weighted by atomic mass is 10.1. The Morgan fingerprint density at radius 2 is 2.29 bits per heavy atom. The summed E-state index contributed by atoms with van der Waals surface area (Å²) in [5.74, 6) is 0.340. The third kappa shape index (κ3) is 0.834. The van der Waals surface area contributed by atoms with Crippen molar-refractivity contribution in [2.24, 2.45) is 0 Å². The molecule has 0 fully saturated rings. The molecule has 5 heteroatoms. The number of anilines is 1. The van der Waals surface area contributed by atoms with Crippen LogP contribution in [0.1, 0.15) is 15.9 Å². The van der Waals surface area contributed by atoms with Gasteiger partial charge in [0.15, 0.2) is 5.95 Å². The SMILES string of the molecule is Nc1nc2cc3c(cc2[nH]1)CNC3=O. The normalized spacial score (nSPS) is 14.4. The lowest BCUT2D eigenvalue weighted by Crippen LogP contribution is -2.12. The van der Waals surface area contributed by atoms with Gasteiger partial charge in [0.1, 0.15) is 0 Å². The van der Waals surface area contributed by atoms with Crippen molar-refractivity contribution in [3.05, 3.63) is 23.3 Å². The number of amides is 1. The highest BCUT2D eigenvalue weighted by Crippen LogP contribution is 2.22. The van der Waals surface area contributed by atoms with Crippen LogP contribution in [0.25, 0.3) is 11.0 Å². The highest BCUT2D eigenvalue weighted by Gasteiger charge is 2.19. The van der Waals surface area contributed by atoms with E-state index < -0.39 is 0 Å². The van der Waals surface area contributed by atoms with Crippen molar-refractivity contribution >= 4 is 22.9 Å². The van der Waals surface area contributed by atoms with E-state index in [4.69, 9.17) is 5.73 Å². The summed E-state index contributed by atoms with van der Waals surface area (Å²) < 4.78 is 0. The van der Waals surface area contributed by atoms with Gasteiger partial charge in [-0.05, 0) is 17.7 Å². The standard InChI is InChI=1S/C9H8N4O/c10-9-12-6-1-4-3-11-8(14)5(4)2-7(6)13-9/h1-2H,3H2,(H,11,14)(H3,10,12,13). The number of aromatic amines is 1. The average molecular weight is 188 g/mol. The zero-order valence-electron chi connectivity index (χ0n) is 7.29. The molecule has 0 bridgehead atoms. The molecule has 5 nitrogen and oxygen atoms in total. The van der Waals surface area contributed by atoms with Gasteiger partial charge in [-0.1, -0.05) is 0 Å². The number of hydrogen-bond acceptors (Lipinski definition) is 3. The Bertz CT molecular complexity index is 543. The van der Waals surface area contributed by atoms with Crippen LogP contribution in [0.5, 0.6) is 0 Å². The summed E-state index contributed by atoms with van der Waals surface area (Å²) in [5.41, 5.74) is 8.82. The summed E-state index contributed by atoms with van der Waals surface area (Å²) >= 11 is 0. The number of imidazole rings is 1. The molecule has 4 N–H and O–H groups in total. The minimum atomic E-state index is -0.0385. The number of benzene rings is 1. The lowest BCUT2D eigenvalue weighted by Gasteiger charge is -1.94. The second kappa shape index (κ2) is 2.25. The van der Waals surface area contributed by atoms with Crippen molar-refractivity contribution < 1.29 is 4.79 Å². The van der Waals surface area contributed by atoms with Gasteiger partial charge in [-0.2, -0.15) is 0 Å². The summed E-state index contributed by atoms with van der Waals surface area (Å²) in [6.45, 7) is 0.586. The van der Waals surface area contributed by atoms with Gasteiger partial charge in [0.2, 0.25) is 0 Å². The first-order chi connectivity index (χ1) is 6.74. The van der Waals surface area contributed by atoms with Gasteiger partial charge in [0, 0.05) is 12.1 Å². The Morgan fingerprint density at radius 3 is 3.14 bits per heavy atom. The van der Waals surface area contributed by atoms with Crippen molar-refractivity contribution in [2.75, 3.05) is 5.73 Å². The molecule has 1 amide bonds. The number of hydrogen-bond donors (Lipinski definition) is 3. The number of rotatable bonds is 0. The van der Waals surface area contributed by atoms with Gasteiger partial charge >= 0.3 is 0 Å². The average Bonchev–Trinajstić information content (AvgIpc) is 2.66. The number of aromatic nitrogens is 2. The molecule has 70 valence electrons. The van der Waals surface area contributed by atoms with E-state index in [9.17, 15) is 4.79 Å². The number of carbonyl (C=O) groups is 1. The van der Waals surface area contributed by atoms with Gasteiger partial charge in [-0.3, -0.25) is 4.79 Å². The fraction of sp³-hybridized carbons (Fsp3) is 0.111. The van der Waals surface area contributed by atoms with E-state index in [1.165, 1.54) is 0 Å². The molecule has 1 aliphatic heterocycles. The highest BCUT2D eigenvalue weighted by atomic mass is 16.1. The summed E-state index contributed by atoms with van der Waals surface area (Å²) in [5, 5.41) is 2.75. The van der Waals surface area contributed by atoms with Crippen LogP contribution in [0.3, 0.4) is 0 Å². The Labute approximate surface area is 79.3 Å². The van der Waals surface area contributed by atoms with Crippen molar-refractivity contribution in [2.45, 2.75) is 6.54 Å². The fourth-order valence-electron chi connectivity index (χ4n) is 1.75. The van der Waals surface area contributed by atoms with E-state index in [2.05, 4.69) is 15.3 Å². The minimum Gasteiger partial charge on any atom is -0.369 e. The molecule has 0 unspecified atom stereocenters. The molecule has 1 aromatic carbocycles. The van der Waals surface area contributed by atoms with E-state index in [-0.39, 0.29) is 5.91 Å². The lowest BCUT2D eigenvalue weighted by molar-refractivity contribution is 0.0966. The largest absolute Gasteiger partial charge is 0.369 e. The van der Waals surface area contributed by atoms with Crippen molar-refractivity contribution in [3.63, 3.8) is 0 Å². The summed E-state index contributed by atoms with van der Waals surface area (Å²) in [6.07, 6.45) is 0. The molecule has 14 heavy (non-hydrogen) atoms. The van der Waals surface area contributed by atoms with Crippen molar-refractivity contribution in [1.29, 1.82) is 0 Å². The molecule has 0 spiro atoms. The van der Waals surface area contributed by atoms with Crippen LogP contribution in [-0.4, -0.2) is 15.9 Å². The van der Waals surface area contributed by atoms with Crippen LogP contribution >= 0.6 is 0 Å². The zero-order valence-corrected chi connectivity index (χ0v) is 7.29. The number of H-pyrrole nitrogens is 1. The van der Waals surface area contributed by atoms with E-state index in [0.717, 1.165) is 16.6 Å². The van der Waals surface area contributed by atoms with Crippen LogP contribution in [0.2, 0.25) is 0 Å². The van der Waals surface area contributed by atoms with Crippen LogP contribution in [0.4, 0.5) is 5.95 Å². The first-order valence-electron chi connectivity index (χ1n) is 4.30. The van der Waals surface area contributed by atoms with Gasteiger partial charge in [0.05, 0.1) is 11.0 Å². The van der Waals surface area contributed by atoms with Gasteiger partial charge < -0.3 is 16.0 Å². The third-order valence-corrected chi connectivity index (χ3v) is 2.41. The number of nitrogens with two attached hydrogens (primary N) is 1. The molecule has 0 atom stereocenters. The summed E-state index contributed by atoms with van der Waals surface area (Å²) in [7, 11) is 0. The highest BCUT2D eigenvalue weighted by molar-refractivity contribution is 6.01. The van der Waals surface area contributed by atoms with Crippen LogP contribution < -0.4 is 11.1 Å². The predicted octanol–water partition coefficient (Wildman–Crippen LogP) is 0.388. The number of fused-ring (bicyclic) bond motifs is 2. The van der Waals surface area contributed by atoms with Crippen LogP contribution in [-0.2, 0) is 6.54 Å². The number of nitrogen functional groups attached to an aromatic ring is 1. The molecule has 0 saturated carbocycles. The predicted molar refractivity (Wildman–Crippen MR) is 51.7 cm³/mol. The number of nitrogens with one attached hydrogen (secondary N) is 2. The van der Waals surface area contributed by atoms with Crippen molar-refractivity contribution in [1.82, 2.24) is 15.3 Å². The smallest absolute Gasteiger partial charge is 0.251 e. The molecule has 0 radical (unpaired) electrons. The van der Waals surface area contributed by atoms with Crippen LogP contribution in [0.15, 0.2) is 12.1 Å². The topological polar surface area (TPSA) is 83.8 Å². The molecular formula is C9H8N4O. The Kier molecular flexibility index (Phi) is 1.19. The quantitative estimate of drug-likeness (QED) is 0.559. The first-order valence-corrected chi connectivity index (χ1v) is 4.30. The maximum absolute atomic E-state index is 11.3. The fourth-order valence-corrected chi connectivity index (χ4v) is 1.75. The molecule has 3 rings (SSSR count). The maximum atomic E-state index is 11.3. The molecule has 0 aliphatic carbocycles. The molecule has 2 heterocycles. The van der Waals surface area contributed by atoms with E-state index in [1.54, 1.807) is 6.07 Å². The number of carbonyl (C=O) groups excluding carboxylic acids is 1. The molecule has 1 aromatic heterocycles. The van der Waals surface area contributed by atoms with E-state index in [0.29, 0.717) is 18.1 Å². The minimum absolute atomic E-state index is 0.0385. The second-order valence-electron chi connectivity index (χ2n) is 3.33. The van der Waals surface area contributed by atoms with Crippen molar-refractivity contribution in [3.8, 4) is 0 Å². The second-order valence-corrected chi connectivity index (χ2v) is 3.33. The first kappa shape index (κ1) is 7.37. The molecule has 1 aliphatic rings. The number of nitrogens with zero attached hydrogens (tertiary/aromatic N) is 1. The summed E-state index contributed by atoms with van der Waals surface area (Å²) in [6, 6.07) is 3.67. The Hall–Kier alpha value is -2.04. The van der Waals surface area contributed by atoms with Gasteiger partial charge in [-0.25, -0.2) is 4.98 Å². The Balaban J connectivity index is 2.36. The monoisotopic (exact) mass is 188 g/mol. The molecule has 2 aromatic rings. The third-order valence-electron chi connectivity index (χ3n) is 2.41. The van der Waals surface area contributed by atoms with E-state index >= 15 is 0 Å². The van der Waals surface area contributed by atoms with Gasteiger partial charge in [0.25, 0.3) is 5.91 Å². The van der Waals surface area contributed by atoms with Gasteiger partial charge in [-0.15, -0.1) is 0 Å².